The van der Waals surface area contributed by atoms with E-state index in [2.05, 4.69) is 42.0 Å². The summed E-state index contributed by atoms with van der Waals surface area (Å²) < 4.78 is 0. The molecule has 0 radical (unpaired) electrons. The van der Waals surface area contributed by atoms with Crippen molar-refractivity contribution >= 4 is 0 Å². The maximum atomic E-state index is 5.56. The van der Waals surface area contributed by atoms with E-state index in [-0.39, 0.29) is 0 Å². The molecule has 16 heavy (non-hydrogen) atoms. The fraction of sp³-hybridized carbons (Fsp3) is 0.231. The highest BCUT2D eigenvalue weighted by molar-refractivity contribution is 5.63. The monoisotopic (exact) mass is 213 g/mol. The van der Waals surface area contributed by atoms with Gasteiger partial charge in [0.05, 0.1) is 17.6 Å². The van der Waals surface area contributed by atoms with Crippen LogP contribution >= 0.6 is 0 Å². The molecule has 0 amide bonds. The van der Waals surface area contributed by atoms with Crippen molar-refractivity contribution in [3.05, 3.63) is 47.4 Å². The van der Waals surface area contributed by atoms with E-state index in [9.17, 15) is 0 Å². The molecule has 0 atom stereocenters. The molecule has 0 bridgehead atoms. The fourth-order valence-electron chi connectivity index (χ4n) is 1.65. The second kappa shape index (κ2) is 4.41. The summed E-state index contributed by atoms with van der Waals surface area (Å²) in [5.74, 6) is 0. The van der Waals surface area contributed by atoms with E-state index >= 15 is 0 Å². The maximum Gasteiger partial charge on any atom is 0.0891 e. The number of aryl methyl sites for hydroxylation is 2. The molecule has 0 aliphatic carbocycles. The number of hydrogen-bond donors (Lipinski definition) is 1. The van der Waals surface area contributed by atoms with Crippen LogP contribution in [0.25, 0.3) is 11.3 Å². The lowest BCUT2D eigenvalue weighted by Crippen LogP contribution is -2.01. The number of hydrogen-bond acceptors (Lipinski definition) is 3. The van der Waals surface area contributed by atoms with Gasteiger partial charge in [-0.2, -0.15) is 0 Å². The SMILES string of the molecule is Cc1ccc(C)c(-c2cncc(CN)n2)c1. The quantitative estimate of drug-likeness (QED) is 0.832. The van der Waals surface area contributed by atoms with Crippen LogP contribution in [-0.4, -0.2) is 9.97 Å². The lowest BCUT2D eigenvalue weighted by atomic mass is 10.0. The standard InChI is InChI=1S/C13H15N3/c1-9-3-4-10(2)12(5-9)13-8-15-7-11(6-14)16-13/h3-5,7-8H,6,14H2,1-2H3. The van der Waals surface area contributed by atoms with E-state index in [0.29, 0.717) is 6.54 Å². The summed E-state index contributed by atoms with van der Waals surface area (Å²) in [7, 11) is 0. The molecule has 3 nitrogen and oxygen atoms in total. The van der Waals surface area contributed by atoms with Crippen molar-refractivity contribution in [3.8, 4) is 11.3 Å². The lowest BCUT2D eigenvalue weighted by molar-refractivity contribution is 0.966. The molecule has 2 N–H and O–H groups in total. The molecule has 0 unspecified atom stereocenters. The molecule has 1 heterocycles. The topological polar surface area (TPSA) is 51.8 Å². The van der Waals surface area contributed by atoms with Crippen LogP contribution in [-0.2, 0) is 6.54 Å². The number of rotatable bonds is 2. The van der Waals surface area contributed by atoms with E-state index < -0.39 is 0 Å². The highest BCUT2D eigenvalue weighted by Crippen LogP contribution is 2.22. The first-order valence-corrected chi connectivity index (χ1v) is 5.29. The van der Waals surface area contributed by atoms with E-state index in [1.807, 2.05) is 0 Å². The van der Waals surface area contributed by atoms with Crippen LogP contribution in [0.15, 0.2) is 30.6 Å². The Morgan fingerprint density at radius 2 is 2.00 bits per heavy atom. The molecule has 2 aromatic rings. The molecule has 0 aliphatic heterocycles. The molecule has 1 aromatic carbocycles. The van der Waals surface area contributed by atoms with Crippen LogP contribution in [0, 0.1) is 13.8 Å². The van der Waals surface area contributed by atoms with Crippen molar-refractivity contribution in [2.75, 3.05) is 0 Å². The predicted molar refractivity (Wildman–Crippen MR) is 64.8 cm³/mol. The zero-order valence-corrected chi connectivity index (χ0v) is 9.57. The first-order chi connectivity index (χ1) is 7.70. The summed E-state index contributed by atoms with van der Waals surface area (Å²) >= 11 is 0. The number of nitrogens with zero attached hydrogens (tertiary/aromatic N) is 2. The first kappa shape index (κ1) is 10.8. The van der Waals surface area contributed by atoms with Gasteiger partial charge in [0.2, 0.25) is 0 Å². The van der Waals surface area contributed by atoms with Gasteiger partial charge in [-0.15, -0.1) is 0 Å². The zero-order valence-electron chi connectivity index (χ0n) is 9.57. The van der Waals surface area contributed by atoms with Gasteiger partial charge >= 0.3 is 0 Å². The number of benzene rings is 1. The van der Waals surface area contributed by atoms with Gasteiger partial charge in [0.1, 0.15) is 0 Å². The summed E-state index contributed by atoms with van der Waals surface area (Å²) in [6.45, 7) is 4.57. The number of nitrogens with two attached hydrogens (primary N) is 1. The summed E-state index contributed by atoms with van der Waals surface area (Å²) in [6, 6.07) is 6.32. The molecule has 0 saturated carbocycles. The summed E-state index contributed by atoms with van der Waals surface area (Å²) in [6.07, 6.45) is 3.48. The second-order valence-electron chi connectivity index (χ2n) is 3.92. The van der Waals surface area contributed by atoms with Crippen LogP contribution in [0.1, 0.15) is 16.8 Å². The Kier molecular flexibility index (Phi) is 2.97. The van der Waals surface area contributed by atoms with Gasteiger partial charge in [0, 0.05) is 18.3 Å². The Bertz CT molecular complexity index is 506. The Labute approximate surface area is 95.4 Å². The largest absolute Gasteiger partial charge is 0.325 e. The van der Waals surface area contributed by atoms with Gasteiger partial charge in [0.25, 0.3) is 0 Å². The normalized spacial score (nSPS) is 10.4. The maximum absolute atomic E-state index is 5.56. The Hall–Kier alpha value is -1.74. The first-order valence-electron chi connectivity index (χ1n) is 5.29. The van der Waals surface area contributed by atoms with Crippen molar-refractivity contribution in [2.45, 2.75) is 20.4 Å². The molecule has 82 valence electrons. The highest BCUT2D eigenvalue weighted by atomic mass is 14.8. The van der Waals surface area contributed by atoms with E-state index in [1.165, 1.54) is 11.1 Å². The summed E-state index contributed by atoms with van der Waals surface area (Å²) in [5.41, 5.74) is 10.8. The molecule has 3 heteroatoms. The Morgan fingerprint density at radius 3 is 2.75 bits per heavy atom. The van der Waals surface area contributed by atoms with Crippen molar-refractivity contribution in [2.24, 2.45) is 5.73 Å². The van der Waals surface area contributed by atoms with Crippen molar-refractivity contribution in [1.82, 2.24) is 9.97 Å². The van der Waals surface area contributed by atoms with Gasteiger partial charge in [-0.1, -0.05) is 17.7 Å². The van der Waals surface area contributed by atoms with Gasteiger partial charge in [0.15, 0.2) is 0 Å². The lowest BCUT2D eigenvalue weighted by Gasteiger charge is -2.07. The average molecular weight is 213 g/mol. The molecule has 0 aliphatic rings. The van der Waals surface area contributed by atoms with Crippen molar-refractivity contribution < 1.29 is 0 Å². The Balaban J connectivity index is 2.53. The fourth-order valence-corrected chi connectivity index (χ4v) is 1.65. The molecular formula is C13H15N3. The van der Waals surface area contributed by atoms with Crippen molar-refractivity contribution in [1.29, 1.82) is 0 Å². The molecule has 0 fully saturated rings. The third-order valence-electron chi connectivity index (χ3n) is 2.56. The Morgan fingerprint density at radius 1 is 1.19 bits per heavy atom. The minimum atomic E-state index is 0.422. The van der Waals surface area contributed by atoms with Gasteiger partial charge in [-0.05, 0) is 25.5 Å². The minimum Gasteiger partial charge on any atom is -0.325 e. The second-order valence-corrected chi connectivity index (χ2v) is 3.92. The van der Waals surface area contributed by atoms with E-state index in [4.69, 9.17) is 5.73 Å². The van der Waals surface area contributed by atoms with Crippen LogP contribution in [0.5, 0.6) is 0 Å². The molecule has 2 rings (SSSR count). The highest BCUT2D eigenvalue weighted by Gasteiger charge is 2.04. The zero-order chi connectivity index (χ0) is 11.5. The molecule has 0 saturated heterocycles. The number of aromatic nitrogens is 2. The van der Waals surface area contributed by atoms with Crippen LogP contribution in [0.4, 0.5) is 0 Å². The molecule has 0 spiro atoms. The van der Waals surface area contributed by atoms with E-state index in [1.54, 1.807) is 12.4 Å². The summed E-state index contributed by atoms with van der Waals surface area (Å²) in [4.78, 5) is 8.64. The summed E-state index contributed by atoms with van der Waals surface area (Å²) in [5, 5.41) is 0. The van der Waals surface area contributed by atoms with Gasteiger partial charge < -0.3 is 5.73 Å². The van der Waals surface area contributed by atoms with Crippen LogP contribution in [0.3, 0.4) is 0 Å². The third-order valence-corrected chi connectivity index (χ3v) is 2.56. The molecule has 1 aromatic heterocycles. The van der Waals surface area contributed by atoms with Gasteiger partial charge in [-0.3, -0.25) is 4.98 Å². The van der Waals surface area contributed by atoms with Crippen LogP contribution < -0.4 is 5.73 Å². The van der Waals surface area contributed by atoms with Crippen molar-refractivity contribution in [3.63, 3.8) is 0 Å². The minimum absolute atomic E-state index is 0.422. The predicted octanol–water partition coefficient (Wildman–Crippen LogP) is 2.22. The van der Waals surface area contributed by atoms with E-state index in [0.717, 1.165) is 17.0 Å². The van der Waals surface area contributed by atoms with Crippen LogP contribution in [0.2, 0.25) is 0 Å². The third kappa shape index (κ3) is 2.09. The average Bonchev–Trinajstić information content (AvgIpc) is 2.32. The molecular weight excluding hydrogens is 198 g/mol. The van der Waals surface area contributed by atoms with Gasteiger partial charge in [-0.25, -0.2) is 4.98 Å². The smallest absolute Gasteiger partial charge is 0.0891 e.